The molecule has 0 aliphatic heterocycles. The second-order valence-electron chi connectivity index (χ2n) is 2.82. The molecule has 0 spiro atoms. The Hall–Kier alpha value is -1.11. The Morgan fingerprint density at radius 2 is 2.29 bits per heavy atom. The van der Waals surface area contributed by atoms with Crippen LogP contribution >= 0.6 is 11.6 Å². The summed E-state index contributed by atoms with van der Waals surface area (Å²) in [4.78, 5) is 0. The Morgan fingerprint density at radius 1 is 1.57 bits per heavy atom. The molecule has 0 atom stereocenters. The van der Waals surface area contributed by atoms with Gasteiger partial charge in [-0.3, -0.25) is 0 Å². The van der Waals surface area contributed by atoms with E-state index in [2.05, 4.69) is 0 Å². The lowest BCUT2D eigenvalue weighted by atomic mass is 10.1. The Balaban J connectivity index is 3.08. The van der Waals surface area contributed by atoms with Crippen molar-refractivity contribution in [1.82, 2.24) is 0 Å². The molecule has 1 aromatic rings. The zero-order valence-corrected chi connectivity index (χ0v) is 8.44. The lowest BCUT2D eigenvalue weighted by Gasteiger charge is -2.05. The first-order valence-electron chi connectivity index (χ1n) is 4.01. The van der Waals surface area contributed by atoms with E-state index < -0.39 is 5.82 Å². The smallest absolute Gasteiger partial charge is 0.146 e. The third kappa shape index (κ3) is 2.44. The van der Waals surface area contributed by atoms with Gasteiger partial charge in [-0.05, 0) is 17.7 Å². The summed E-state index contributed by atoms with van der Waals surface area (Å²) in [5, 5.41) is 8.50. The highest BCUT2D eigenvalue weighted by molar-refractivity contribution is 6.30. The maximum absolute atomic E-state index is 13.3. The van der Waals surface area contributed by atoms with Gasteiger partial charge in [0, 0.05) is 12.7 Å². The minimum atomic E-state index is -0.520. The van der Waals surface area contributed by atoms with Gasteiger partial charge in [-0.1, -0.05) is 11.6 Å². The zero-order chi connectivity index (χ0) is 10.6. The third-order valence-electron chi connectivity index (χ3n) is 1.74. The van der Waals surface area contributed by atoms with E-state index >= 15 is 0 Å². The molecular weight excluding hydrogens is 205 g/mol. The van der Waals surface area contributed by atoms with Crippen LogP contribution in [0.1, 0.15) is 11.1 Å². The standard InChI is InChI=1S/C10H9ClFNO/c1-14-6-7-4-8(2-3-13)10(12)9(11)5-7/h4-5H,2,6H2,1H3. The summed E-state index contributed by atoms with van der Waals surface area (Å²) >= 11 is 5.65. The van der Waals surface area contributed by atoms with Crippen LogP contribution in [-0.2, 0) is 17.8 Å². The van der Waals surface area contributed by atoms with Gasteiger partial charge in [0.25, 0.3) is 0 Å². The summed E-state index contributed by atoms with van der Waals surface area (Å²) in [6.45, 7) is 0.360. The molecule has 0 saturated carbocycles. The van der Waals surface area contributed by atoms with Gasteiger partial charge in [0.15, 0.2) is 0 Å². The van der Waals surface area contributed by atoms with Gasteiger partial charge in [-0.2, -0.15) is 5.26 Å². The molecule has 2 nitrogen and oxygen atoms in total. The van der Waals surface area contributed by atoms with Crippen LogP contribution in [0.4, 0.5) is 4.39 Å². The normalized spacial score (nSPS) is 9.86. The van der Waals surface area contributed by atoms with E-state index in [0.29, 0.717) is 12.2 Å². The van der Waals surface area contributed by atoms with Crippen LogP contribution in [-0.4, -0.2) is 7.11 Å². The average molecular weight is 214 g/mol. The largest absolute Gasteiger partial charge is 0.380 e. The Labute approximate surface area is 86.9 Å². The van der Waals surface area contributed by atoms with Crippen molar-refractivity contribution in [1.29, 1.82) is 5.26 Å². The summed E-state index contributed by atoms with van der Waals surface area (Å²) in [6.07, 6.45) is 0.0170. The number of hydrogen-bond acceptors (Lipinski definition) is 2. The van der Waals surface area contributed by atoms with Gasteiger partial charge >= 0.3 is 0 Å². The number of hydrogen-bond donors (Lipinski definition) is 0. The van der Waals surface area contributed by atoms with Crippen molar-refractivity contribution < 1.29 is 9.13 Å². The third-order valence-corrected chi connectivity index (χ3v) is 2.02. The fraction of sp³-hybridized carbons (Fsp3) is 0.300. The zero-order valence-electron chi connectivity index (χ0n) is 7.68. The lowest BCUT2D eigenvalue weighted by Crippen LogP contribution is -1.95. The molecule has 0 N–H and O–H groups in total. The van der Waals surface area contributed by atoms with E-state index in [4.69, 9.17) is 21.6 Å². The molecule has 0 heterocycles. The van der Waals surface area contributed by atoms with Crippen LogP contribution < -0.4 is 0 Å². The van der Waals surface area contributed by atoms with Gasteiger partial charge in [0.05, 0.1) is 24.1 Å². The van der Waals surface area contributed by atoms with Crippen molar-refractivity contribution in [2.75, 3.05) is 7.11 Å². The first kappa shape index (κ1) is 11.0. The van der Waals surface area contributed by atoms with Crippen molar-refractivity contribution in [3.63, 3.8) is 0 Å². The number of ether oxygens (including phenoxy) is 1. The number of nitriles is 1. The van der Waals surface area contributed by atoms with Crippen LogP contribution in [0.25, 0.3) is 0 Å². The molecular formula is C10H9ClFNO. The highest BCUT2D eigenvalue weighted by Crippen LogP contribution is 2.21. The van der Waals surface area contributed by atoms with Gasteiger partial charge in [0.1, 0.15) is 5.82 Å². The number of halogens is 2. The Bertz CT molecular complexity index is 373. The maximum Gasteiger partial charge on any atom is 0.146 e. The SMILES string of the molecule is COCc1cc(Cl)c(F)c(CC#N)c1. The molecule has 0 radical (unpaired) electrons. The van der Waals surface area contributed by atoms with Crippen molar-refractivity contribution in [3.8, 4) is 6.07 Å². The Kier molecular flexibility index (Phi) is 3.87. The van der Waals surface area contributed by atoms with Crippen LogP contribution in [0, 0.1) is 17.1 Å². The molecule has 74 valence electrons. The van der Waals surface area contributed by atoms with Crippen LogP contribution in [0.15, 0.2) is 12.1 Å². The molecule has 0 aliphatic rings. The number of methoxy groups -OCH3 is 1. The number of nitrogens with zero attached hydrogens (tertiary/aromatic N) is 1. The molecule has 1 aromatic carbocycles. The van der Waals surface area contributed by atoms with Gasteiger partial charge < -0.3 is 4.74 Å². The summed E-state index contributed by atoms with van der Waals surface area (Å²) in [7, 11) is 1.54. The second kappa shape index (κ2) is 4.94. The average Bonchev–Trinajstić information content (AvgIpc) is 2.14. The van der Waals surface area contributed by atoms with Crippen molar-refractivity contribution >= 4 is 11.6 Å². The quantitative estimate of drug-likeness (QED) is 0.774. The van der Waals surface area contributed by atoms with Gasteiger partial charge in [0.2, 0.25) is 0 Å². The second-order valence-corrected chi connectivity index (χ2v) is 3.23. The molecule has 0 unspecified atom stereocenters. The van der Waals surface area contributed by atoms with E-state index in [1.165, 1.54) is 6.07 Å². The molecule has 0 aromatic heterocycles. The minimum Gasteiger partial charge on any atom is -0.380 e. The van der Waals surface area contributed by atoms with Crippen LogP contribution in [0.2, 0.25) is 5.02 Å². The van der Waals surface area contributed by atoms with E-state index in [9.17, 15) is 4.39 Å². The van der Waals surface area contributed by atoms with Gasteiger partial charge in [-0.15, -0.1) is 0 Å². The van der Waals surface area contributed by atoms with Crippen molar-refractivity contribution in [2.45, 2.75) is 13.0 Å². The topological polar surface area (TPSA) is 33.0 Å². The Morgan fingerprint density at radius 3 is 2.86 bits per heavy atom. The van der Waals surface area contributed by atoms with Gasteiger partial charge in [-0.25, -0.2) is 4.39 Å². The molecule has 0 amide bonds. The van der Waals surface area contributed by atoms with Crippen molar-refractivity contribution in [3.05, 3.63) is 34.1 Å². The first-order valence-corrected chi connectivity index (χ1v) is 4.39. The summed E-state index contributed by atoms with van der Waals surface area (Å²) < 4.78 is 18.2. The molecule has 0 fully saturated rings. The molecule has 0 saturated heterocycles. The number of rotatable bonds is 3. The summed E-state index contributed by atoms with van der Waals surface area (Å²) in [5.74, 6) is -0.520. The summed E-state index contributed by atoms with van der Waals surface area (Å²) in [6, 6.07) is 4.97. The van der Waals surface area contributed by atoms with Crippen molar-refractivity contribution in [2.24, 2.45) is 0 Å². The fourth-order valence-corrected chi connectivity index (χ4v) is 1.43. The van der Waals surface area contributed by atoms with E-state index in [-0.39, 0.29) is 11.4 Å². The summed E-state index contributed by atoms with van der Waals surface area (Å²) in [5.41, 5.74) is 1.08. The number of benzene rings is 1. The predicted molar refractivity (Wildman–Crippen MR) is 51.4 cm³/mol. The predicted octanol–water partition coefficient (Wildman–Crippen LogP) is 2.69. The maximum atomic E-state index is 13.3. The molecule has 4 heteroatoms. The monoisotopic (exact) mass is 213 g/mol. The van der Waals surface area contributed by atoms with Crippen LogP contribution in [0.3, 0.4) is 0 Å². The molecule has 0 bridgehead atoms. The molecule has 0 aliphatic carbocycles. The lowest BCUT2D eigenvalue weighted by molar-refractivity contribution is 0.185. The fourth-order valence-electron chi connectivity index (χ4n) is 1.17. The highest BCUT2D eigenvalue weighted by atomic mass is 35.5. The minimum absolute atomic E-state index is 0.0170. The highest BCUT2D eigenvalue weighted by Gasteiger charge is 2.08. The van der Waals surface area contributed by atoms with Crippen LogP contribution in [0.5, 0.6) is 0 Å². The molecule has 1 rings (SSSR count). The van der Waals surface area contributed by atoms with E-state index in [0.717, 1.165) is 5.56 Å². The van der Waals surface area contributed by atoms with E-state index in [1.807, 2.05) is 6.07 Å². The first-order chi connectivity index (χ1) is 6.69. The molecule has 14 heavy (non-hydrogen) atoms. The van der Waals surface area contributed by atoms with E-state index in [1.54, 1.807) is 13.2 Å².